The molecule has 5 heteroatoms. The smallest absolute Gasteiger partial charge is 0.129 e. The van der Waals surface area contributed by atoms with Gasteiger partial charge in [0, 0.05) is 17.7 Å². The minimum absolute atomic E-state index is 0.703. The van der Waals surface area contributed by atoms with Gasteiger partial charge in [0.05, 0.1) is 27.9 Å². The van der Waals surface area contributed by atoms with E-state index in [0.29, 0.717) is 6.54 Å². The maximum Gasteiger partial charge on any atom is 0.129 e. The third-order valence-electron chi connectivity index (χ3n) is 3.46. The Hall–Kier alpha value is -2.14. The van der Waals surface area contributed by atoms with Crippen molar-refractivity contribution >= 4 is 0 Å². The lowest BCUT2D eigenvalue weighted by molar-refractivity contribution is 0.368. The van der Waals surface area contributed by atoms with Crippen molar-refractivity contribution in [3.63, 3.8) is 0 Å². The van der Waals surface area contributed by atoms with Crippen LogP contribution in [0.5, 0.6) is 17.2 Å². The normalized spacial score (nSPS) is 10.5. The number of methoxy groups -OCH3 is 3. The van der Waals surface area contributed by atoms with E-state index in [1.165, 1.54) is 0 Å². The quantitative estimate of drug-likeness (QED) is 0.760. The molecule has 5 nitrogen and oxygen atoms in total. The van der Waals surface area contributed by atoms with Gasteiger partial charge in [-0.05, 0) is 32.0 Å². The molecule has 1 aromatic heterocycles. The highest BCUT2D eigenvalue weighted by molar-refractivity contribution is 5.50. The number of rotatable bonds is 8. The van der Waals surface area contributed by atoms with Crippen molar-refractivity contribution in [2.75, 3.05) is 27.9 Å². The zero-order valence-electron chi connectivity index (χ0n) is 13.6. The highest BCUT2D eigenvalue weighted by atomic mass is 16.5. The van der Waals surface area contributed by atoms with E-state index in [1.807, 2.05) is 31.2 Å². The molecule has 0 bridgehead atoms. The monoisotopic (exact) mass is 305 g/mol. The van der Waals surface area contributed by atoms with Gasteiger partial charge in [0.1, 0.15) is 28.8 Å². The van der Waals surface area contributed by atoms with Crippen molar-refractivity contribution in [1.29, 1.82) is 0 Å². The van der Waals surface area contributed by atoms with Gasteiger partial charge >= 0.3 is 0 Å². The van der Waals surface area contributed by atoms with Gasteiger partial charge in [-0.15, -0.1) is 0 Å². The lowest BCUT2D eigenvalue weighted by atomic mass is 10.1. The summed E-state index contributed by atoms with van der Waals surface area (Å²) in [5.41, 5.74) is 1.02. The molecule has 0 fully saturated rings. The Labute approximate surface area is 131 Å². The van der Waals surface area contributed by atoms with Crippen LogP contribution in [-0.4, -0.2) is 27.9 Å². The lowest BCUT2D eigenvalue weighted by Crippen LogP contribution is -2.17. The van der Waals surface area contributed by atoms with Crippen LogP contribution >= 0.6 is 0 Å². The van der Waals surface area contributed by atoms with Crippen LogP contribution in [0.25, 0.3) is 0 Å². The topological polar surface area (TPSA) is 52.9 Å². The SMILES string of the molecule is COc1cc(OC)c(CCNCc2ccc(C)o2)c(OC)c1. The second-order valence-electron chi connectivity index (χ2n) is 4.95. The minimum Gasteiger partial charge on any atom is -0.496 e. The molecule has 0 aliphatic rings. The average Bonchev–Trinajstić information content (AvgIpc) is 2.96. The summed E-state index contributed by atoms with van der Waals surface area (Å²) in [6.45, 7) is 3.43. The number of furan rings is 1. The standard InChI is InChI=1S/C17H23NO4/c1-12-5-6-13(22-12)11-18-8-7-15-16(20-3)9-14(19-2)10-17(15)21-4/h5-6,9-10,18H,7-8,11H2,1-4H3. The molecule has 120 valence electrons. The predicted octanol–water partition coefficient (Wildman–Crippen LogP) is 2.95. The summed E-state index contributed by atoms with van der Waals surface area (Å²) in [5, 5.41) is 3.36. The fourth-order valence-corrected chi connectivity index (χ4v) is 2.33. The number of nitrogens with one attached hydrogen (secondary N) is 1. The van der Waals surface area contributed by atoms with E-state index in [2.05, 4.69) is 5.32 Å². The summed E-state index contributed by atoms with van der Waals surface area (Å²) in [6.07, 6.45) is 0.788. The van der Waals surface area contributed by atoms with Crippen molar-refractivity contribution in [2.24, 2.45) is 0 Å². The second kappa shape index (κ2) is 7.75. The molecule has 1 heterocycles. The van der Waals surface area contributed by atoms with Crippen LogP contribution < -0.4 is 19.5 Å². The van der Waals surface area contributed by atoms with Crippen LogP contribution in [-0.2, 0) is 13.0 Å². The molecule has 0 unspecified atom stereocenters. The van der Waals surface area contributed by atoms with Gasteiger partial charge in [0.2, 0.25) is 0 Å². The van der Waals surface area contributed by atoms with Crippen molar-refractivity contribution in [3.05, 3.63) is 41.3 Å². The maximum absolute atomic E-state index is 5.53. The molecule has 22 heavy (non-hydrogen) atoms. The first-order chi connectivity index (χ1) is 10.7. The lowest BCUT2D eigenvalue weighted by Gasteiger charge is -2.15. The Morgan fingerprint density at radius 1 is 1.00 bits per heavy atom. The van der Waals surface area contributed by atoms with Gasteiger partial charge < -0.3 is 23.9 Å². The van der Waals surface area contributed by atoms with Crippen LogP contribution in [0, 0.1) is 6.92 Å². The first-order valence-electron chi connectivity index (χ1n) is 7.22. The molecule has 2 rings (SSSR count). The number of benzene rings is 1. The molecule has 2 aromatic rings. The summed E-state index contributed by atoms with van der Waals surface area (Å²) < 4.78 is 21.7. The van der Waals surface area contributed by atoms with Crippen LogP contribution in [0.3, 0.4) is 0 Å². The highest BCUT2D eigenvalue weighted by Crippen LogP contribution is 2.34. The third kappa shape index (κ3) is 3.95. The van der Waals surface area contributed by atoms with Gasteiger partial charge in [-0.25, -0.2) is 0 Å². The number of ether oxygens (including phenoxy) is 3. The van der Waals surface area contributed by atoms with Crippen molar-refractivity contribution in [2.45, 2.75) is 19.9 Å². The van der Waals surface area contributed by atoms with Gasteiger partial charge in [0.15, 0.2) is 0 Å². The summed E-state index contributed by atoms with van der Waals surface area (Å²) in [7, 11) is 4.92. The largest absolute Gasteiger partial charge is 0.496 e. The molecule has 0 aliphatic carbocycles. The first-order valence-corrected chi connectivity index (χ1v) is 7.22. The van der Waals surface area contributed by atoms with Gasteiger partial charge in [-0.2, -0.15) is 0 Å². The van der Waals surface area contributed by atoms with Gasteiger partial charge in [0.25, 0.3) is 0 Å². The van der Waals surface area contributed by atoms with Crippen molar-refractivity contribution in [1.82, 2.24) is 5.32 Å². The molecular formula is C17H23NO4. The predicted molar refractivity (Wildman–Crippen MR) is 85.0 cm³/mol. The molecular weight excluding hydrogens is 282 g/mol. The van der Waals surface area contributed by atoms with E-state index in [1.54, 1.807) is 21.3 Å². The van der Waals surface area contributed by atoms with Crippen molar-refractivity contribution in [3.8, 4) is 17.2 Å². The van der Waals surface area contributed by atoms with E-state index in [-0.39, 0.29) is 0 Å². The van der Waals surface area contributed by atoms with Crippen LogP contribution in [0.1, 0.15) is 17.1 Å². The minimum atomic E-state index is 0.703. The van der Waals surface area contributed by atoms with Crippen molar-refractivity contribution < 1.29 is 18.6 Å². The summed E-state index contributed by atoms with van der Waals surface area (Å²) in [5.74, 6) is 4.12. The summed E-state index contributed by atoms with van der Waals surface area (Å²) in [4.78, 5) is 0. The Morgan fingerprint density at radius 3 is 2.18 bits per heavy atom. The third-order valence-corrected chi connectivity index (χ3v) is 3.46. The zero-order chi connectivity index (χ0) is 15.9. The fraction of sp³-hybridized carbons (Fsp3) is 0.412. The maximum atomic E-state index is 5.53. The Morgan fingerprint density at radius 2 is 1.68 bits per heavy atom. The zero-order valence-corrected chi connectivity index (χ0v) is 13.6. The summed E-state index contributed by atoms with van der Waals surface area (Å²) in [6, 6.07) is 7.69. The van der Waals surface area contributed by atoms with E-state index in [9.17, 15) is 0 Å². The average molecular weight is 305 g/mol. The molecule has 0 atom stereocenters. The molecule has 0 saturated carbocycles. The molecule has 0 saturated heterocycles. The first kappa shape index (κ1) is 16.2. The Bertz CT molecular complexity index is 581. The van der Waals surface area contributed by atoms with Crippen LogP contribution in [0.2, 0.25) is 0 Å². The highest BCUT2D eigenvalue weighted by Gasteiger charge is 2.12. The molecule has 0 radical (unpaired) electrons. The fourth-order valence-electron chi connectivity index (χ4n) is 2.33. The Kier molecular flexibility index (Phi) is 5.72. The molecule has 0 aliphatic heterocycles. The molecule has 0 spiro atoms. The van der Waals surface area contributed by atoms with E-state index in [4.69, 9.17) is 18.6 Å². The van der Waals surface area contributed by atoms with E-state index < -0.39 is 0 Å². The van der Waals surface area contributed by atoms with E-state index in [0.717, 1.165) is 47.3 Å². The number of aryl methyl sites for hydroxylation is 1. The number of hydrogen-bond donors (Lipinski definition) is 1. The van der Waals surface area contributed by atoms with Crippen LogP contribution in [0.4, 0.5) is 0 Å². The molecule has 1 aromatic carbocycles. The molecule has 1 N–H and O–H groups in total. The number of hydrogen-bond acceptors (Lipinski definition) is 5. The van der Waals surface area contributed by atoms with Crippen LogP contribution in [0.15, 0.2) is 28.7 Å². The summed E-state index contributed by atoms with van der Waals surface area (Å²) >= 11 is 0. The van der Waals surface area contributed by atoms with Gasteiger partial charge in [-0.3, -0.25) is 0 Å². The molecule has 0 amide bonds. The second-order valence-corrected chi connectivity index (χ2v) is 4.95. The van der Waals surface area contributed by atoms with Gasteiger partial charge in [-0.1, -0.05) is 0 Å². The van der Waals surface area contributed by atoms with E-state index >= 15 is 0 Å². The Balaban J connectivity index is 1.99.